The second-order valence-electron chi connectivity index (χ2n) is 9.57. The van der Waals surface area contributed by atoms with Crippen LogP contribution in [0.25, 0.3) is 5.65 Å². The van der Waals surface area contributed by atoms with Crippen molar-refractivity contribution in [2.24, 2.45) is 5.92 Å². The number of amides is 1. The molecule has 1 saturated carbocycles. The molecule has 1 amide bonds. The van der Waals surface area contributed by atoms with Crippen LogP contribution < -0.4 is 0 Å². The Kier molecular flexibility index (Phi) is 6.23. The summed E-state index contributed by atoms with van der Waals surface area (Å²) in [4.78, 5) is 22.0. The van der Waals surface area contributed by atoms with Gasteiger partial charge in [0.2, 0.25) is 5.91 Å². The number of hydrogen-bond donors (Lipinski definition) is 0. The fraction of sp³-hybridized carbons (Fsp3) is 0.708. The van der Waals surface area contributed by atoms with Crippen LogP contribution in [0.1, 0.15) is 67.8 Å². The summed E-state index contributed by atoms with van der Waals surface area (Å²) >= 11 is 0. The highest BCUT2D eigenvalue weighted by molar-refractivity contribution is 5.76. The largest absolute Gasteiger partial charge is 0.379 e. The predicted octanol–water partition coefficient (Wildman–Crippen LogP) is 3.16. The van der Waals surface area contributed by atoms with Crippen molar-refractivity contribution in [3.63, 3.8) is 0 Å². The Balaban J connectivity index is 1.28. The highest BCUT2D eigenvalue weighted by atomic mass is 16.5. The first kappa shape index (κ1) is 20.9. The number of carbonyl (C=O) groups excluding carboxylic acids is 1. The summed E-state index contributed by atoms with van der Waals surface area (Å²) in [7, 11) is 0. The van der Waals surface area contributed by atoms with E-state index in [0.717, 1.165) is 76.0 Å². The van der Waals surface area contributed by atoms with Gasteiger partial charge in [-0.3, -0.25) is 9.69 Å². The number of rotatable bonds is 6. The molecule has 2 aliphatic heterocycles. The van der Waals surface area contributed by atoms with E-state index in [4.69, 9.17) is 9.84 Å². The minimum Gasteiger partial charge on any atom is -0.379 e. The number of likely N-dealkylation sites (tertiary alicyclic amines) is 1. The van der Waals surface area contributed by atoms with Gasteiger partial charge in [-0.25, -0.2) is 9.50 Å². The number of fused-ring (bicyclic) bond motifs is 1. The molecule has 7 nitrogen and oxygen atoms in total. The summed E-state index contributed by atoms with van der Waals surface area (Å²) in [6, 6.07) is 2.09. The number of morpholine rings is 1. The molecule has 168 valence electrons. The second-order valence-corrected chi connectivity index (χ2v) is 9.57. The van der Waals surface area contributed by atoms with Crippen molar-refractivity contribution in [1.82, 2.24) is 24.4 Å². The first-order valence-corrected chi connectivity index (χ1v) is 12.1. The minimum atomic E-state index is 0.330. The number of ether oxygens (including phenoxy) is 1. The van der Waals surface area contributed by atoms with Crippen LogP contribution in [0.3, 0.4) is 0 Å². The summed E-state index contributed by atoms with van der Waals surface area (Å²) in [5, 5.41) is 4.87. The Labute approximate surface area is 184 Å². The van der Waals surface area contributed by atoms with E-state index < -0.39 is 0 Å². The molecule has 2 aromatic heterocycles. The van der Waals surface area contributed by atoms with Crippen molar-refractivity contribution in [1.29, 1.82) is 0 Å². The molecule has 0 bridgehead atoms. The van der Waals surface area contributed by atoms with E-state index in [1.165, 1.54) is 36.9 Å². The lowest BCUT2D eigenvalue weighted by molar-refractivity contribution is -0.130. The highest BCUT2D eigenvalue weighted by Gasteiger charge is 2.30. The molecule has 4 heterocycles. The standard InChI is InChI=1S/C24H35N5O2/c1-18-21(17-27-12-14-31-15-13-27)24-25-10-8-22(29(24)26-18)20-9-11-28(16-20)23(30)7-6-19-4-2-3-5-19/h8,10,19-20H,2-7,9,11-17H2,1H3/t20-/m1/s1. The molecule has 5 rings (SSSR count). The maximum Gasteiger partial charge on any atom is 0.222 e. The van der Waals surface area contributed by atoms with Gasteiger partial charge in [0, 0.05) is 56.8 Å². The summed E-state index contributed by atoms with van der Waals surface area (Å²) in [5.41, 5.74) is 4.42. The molecule has 31 heavy (non-hydrogen) atoms. The maximum absolute atomic E-state index is 12.8. The smallest absolute Gasteiger partial charge is 0.222 e. The zero-order valence-corrected chi connectivity index (χ0v) is 18.8. The van der Waals surface area contributed by atoms with Crippen molar-refractivity contribution in [2.45, 2.75) is 64.3 Å². The maximum atomic E-state index is 12.8. The topological polar surface area (TPSA) is 63.0 Å². The molecule has 0 spiro atoms. The predicted molar refractivity (Wildman–Crippen MR) is 119 cm³/mol. The Morgan fingerprint density at radius 2 is 1.97 bits per heavy atom. The molecule has 7 heteroatoms. The Hall–Kier alpha value is -1.99. The van der Waals surface area contributed by atoms with E-state index in [2.05, 4.69) is 27.8 Å². The fourth-order valence-corrected chi connectivity index (χ4v) is 5.60. The number of nitrogens with zero attached hydrogens (tertiary/aromatic N) is 5. The van der Waals surface area contributed by atoms with E-state index in [1.807, 2.05) is 10.7 Å². The molecule has 1 atom stereocenters. The van der Waals surface area contributed by atoms with Gasteiger partial charge in [0.05, 0.1) is 24.6 Å². The van der Waals surface area contributed by atoms with Gasteiger partial charge in [0.1, 0.15) is 0 Å². The lowest BCUT2D eigenvalue weighted by atomic mass is 10.0. The summed E-state index contributed by atoms with van der Waals surface area (Å²) in [6.45, 7) is 8.12. The molecule has 0 aromatic carbocycles. The first-order chi connectivity index (χ1) is 15.2. The molecule has 2 aromatic rings. The Morgan fingerprint density at radius 1 is 1.16 bits per heavy atom. The normalized spacial score (nSPS) is 23.3. The van der Waals surface area contributed by atoms with Crippen molar-refractivity contribution in [3.05, 3.63) is 29.2 Å². The highest BCUT2D eigenvalue weighted by Crippen LogP contribution is 2.31. The third-order valence-electron chi connectivity index (χ3n) is 7.53. The molecule has 2 saturated heterocycles. The van der Waals surface area contributed by atoms with Crippen LogP contribution in [0.4, 0.5) is 0 Å². The molecule has 3 aliphatic rings. The van der Waals surface area contributed by atoms with Crippen LogP contribution >= 0.6 is 0 Å². The SMILES string of the molecule is Cc1nn2c([C@@H]3CCN(C(=O)CCC4CCCC4)C3)ccnc2c1CN1CCOCC1. The van der Waals surface area contributed by atoms with Gasteiger partial charge in [0.15, 0.2) is 5.65 Å². The summed E-state index contributed by atoms with van der Waals surface area (Å²) in [6.07, 6.45) is 10.0. The van der Waals surface area contributed by atoms with Crippen LogP contribution in [-0.2, 0) is 16.1 Å². The molecule has 3 fully saturated rings. The van der Waals surface area contributed by atoms with Crippen molar-refractivity contribution in [3.8, 4) is 0 Å². The van der Waals surface area contributed by atoms with Gasteiger partial charge in [-0.15, -0.1) is 0 Å². The zero-order chi connectivity index (χ0) is 21.2. The van der Waals surface area contributed by atoms with Crippen LogP contribution in [-0.4, -0.2) is 69.7 Å². The van der Waals surface area contributed by atoms with Crippen molar-refractivity contribution in [2.75, 3.05) is 39.4 Å². The van der Waals surface area contributed by atoms with Gasteiger partial charge < -0.3 is 9.64 Å². The number of aromatic nitrogens is 3. The van der Waals surface area contributed by atoms with Gasteiger partial charge in [0.25, 0.3) is 0 Å². The fourth-order valence-electron chi connectivity index (χ4n) is 5.60. The average molecular weight is 426 g/mol. The average Bonchev–Trinajstić information content (AvgIpc) is 3.54. The molecule has 0 N–H and O–H groups in total. The van der Waals surface area contributed by atoms with Gasteiger partial charge in [-0.1, -0.05) is 25.7 Å². The summed E-state index contributed by atoms with van der Waals surface area (Å²) < 4.78 is 7.53. The van der Waals surface area contributed by atoms with E-state index in [9.17, 15) is 4.79 Å². The minimum absolute atomic E-state index is 0.330. The molecule has 0 unspecified atom stereocenters. The van der Waals surface area contributed by atoms with E-state index >= 15 is 0 Å². The zero-order valence-electron chi connectivity index (χ0n) is 18.8. The number of carbonyl (C=O) groups is 1. The van der Waals surface area contributed by atoms with Crippen molar-refractivity contribution >= 4 is 11.6 Å². The van der Waals surface area contributed by atoms with E-state index in [0.29, 0.717) is 18.2 Å². The third-order valence-corrected chi connectivity index (χ3v) is 7.53. The summed E-state index contributed by atoms with van der Waals surface area (Å²) in [5.74, 6) is 1.44. The number of aryl methyl sites for hydroxylation is 1. The second kappa shape index (κ2) is 9.25. The third kappa shape index (κ3) is 4.48. The molecule has 0 radical (unpaired) electrons. The van der Waals surface area contributed by atoms with Crippen LogP contribution in [0.5, 0.6) is 0 Å². The van der Waals surface area contributed by atoms with Crippen LogP contribution in [0, 0.1) is 12.8 Å². The first-order valence-electron chi connectivity index (χ1n) is 12.1. The van der Waals surface area contributed by atoms with Crippen molar-refractivity contribution < 1.29 is 9.53 Å². The van der Waals surface area contributed by atoms with Gasteiger partial charge in [-0.05, 0) is 31.7 Å². The van der Waals surface area contributed by atoms with Gasteiger partial charge in [-0.2, -0.15) is 5.10 Å². The molecule has 1 aliphatic carbocycles. The lowest BCUT2D eigenvalue weighted by Gasteiger charge is -2.26. The Bertz CT molecular complexity index is 914. The van der Waals surface area contributed by atoms with E-state index in [1.54, 1.807) is 0 Å². The lowest BCUT2D eigenvalue weighted by Crippen LogP contribution is -2.35. The quantitative estimate of drug-likeness (QED) is 0.711. The number of hydrogen-bond acceptors (Lipinski definition) is 5. The monoisotopic (exact) mass is 425 g/mol. The molecular weight excluding hydrogens is 390 g/mol. The van der Waals surface area contributed by atoms with Crippen LogP contribution in [0.15, 0.2) is 12.3 Å². The van der Waals surface area contributed by atoms with E-state index in [-0.39, 0.29) is 0 Å². The van der Waals surface area contributed by atoms with Crippen LogP contribution in [0.2, 0.25) is 0 Å². The van der Waals surface area contributed by atoms with Gasteiger partial charge >= 0.3 is 0 Å². The Morgan fingerprint density at radius 3 is 2.77 bits per heavy atom. The molecular formula is C24H35N5O2.